The molecule has 0 spiro atoms. The summed E-state index contributed by atoms with van der Waals surface area (Å²) in [4.78, 5) is 27.6. The van der Waals surface area contributed by atoms with Crippen molar-refractivity contribution in [1.29, 1.82) is 0 Å². The standard InChI is InChI=1S/C16H22N2O3/c1-17(2)13-8-6-7-12(11-13)15(19)18-10-5-3-4-9-14(18)16(20)21/h6-8,11,14H,3-5,9-10H2,1-2H3,(H,20,21). The fourth-order valence-corrected chi connectivity index (χ4v) is 2.69. The molecule has 1 fully saturated rings. The van der Waals surface area contributed by atoms with E-state index >= 15 is 0 Å². The van der Waals surface area contributed by atoms with Crippen LogP contribution in [0.25, 0.3) is 0 Å². The third kappa shape index (κ3) is 3.54. The molecular formula is C16H22N2O3. The van der Waals surface area contributed by atoms with Crippen LogP contribution in [0, 0.1) is 0 Å². The summed E-state index contributed by atoms with van der Waals surface area (Å²) >= 11 is 0. The zero-order valence-corrected chi connectivity index (χ0v) is 12.6. The number of hydrogen-bond acceptors (Lipinski definition) is 3. The van der Waals surface area contributed by atoms with E-state index in [1.807, 2.05) is 37.2 Å². The van der Waals surface area contributed by atoms with Gasteiger partial charge in [-0.05, 0) is 31.0 Å². The van der Waals surface area contributed by atoms with Crippen LogP contribution in [0.1, 0.15) is 36.0 Å². The number of carboxylic acids is 1. The SMILES string of the molecule is CN(C)c1cccc(C(=O)N2CCCCCC2C(=O)O)c1. The molecule has 5 heteroatoms. The molecule has 1 atom stereocenters. The number of benzene rings is 1. The summed E-state index contributed by atoms with van der Waals surface area (Å²) in [5.41, 5.74) is 1.48. The van der Waals surface area contributed by atoms with Gasteiger partial charge in [-0.1, -0.05) is 18.9 Å². The van der Waals surface area contributed by atoms with E-state index < -0.39 is 12.0 Å². The Labute approximate surface area is 125 Å². The number of hydrogen-bond donors (Lipinski definition) is 1. The van der Waals surface area contributed by atoms with Gasteiger partial charge < -0.3 is 14.9 Å². The Morgan fingerprint density at radius 2 is 2.00 bits per heavy atom. The van der Waals surface area contributed by atoms with Gasteiger partial charge in [-0.3, -0.25) is 4.79 Å². The van der Waals surface area contributed by atoms with Crippen LogP contribution in [0.15, 0.2) is 24.3 Å². The second-order valence-electron chi connectivity index (χ2n) is 5.65. The molecule has 1 amide bonds. The molecule has 1 aliphatic heterocycles. The van der Waals surface area contributed by atoms with Gasteiger partial charge in [0.1, 0.15) is 6.04 Å². The molecule has 1 aromatic carbocycles. The van der Waals surface area contributed by atoms with Crippen LogP contribution in [0.5, 0.6) is 0 Å². The fourth-order valence-electron chi connectivity index (χ4n) is 2.69. The first kappa shape index (κ1) is 15.4. The highest BCUT2D eigenvalue weighted by Crippen LogP contribution is 2.21. The van der Waals surface area contributed by atoms with Crippen molar-refractivity contribution in [3.63, 3.8) is 0 Å². The van der Waals surface area contributed by atoms with Crippen LogP contribution in [-0.2, 0) is 4.79 Å². The van der Waals surface area contributed by atoms with Gasteiger partial charge in [0.05, 0.1) is 0 Å². The molecule has 1 saturated heterocycles. The van der Waals surface area contributed by atoms with Crippen LogP contribution in [0.4, 0.5) is 5.69 Å². The summed E-state index contributed by atoms with van der Waals surface area (Å²) in [7, 11) is 3.82. The fraction of sp³-hybridized carbons (Fsp3) is 0.500. The molecule has 0 aromatic heterocycles. The summed E-state index contributed by atoms with van der Waals surface area (Å²) in [5.74, 6) is -1.10. The highest BCUT2D eigenvalue weighted by Gasteiger charge is 2.31. The maximum absolute atomic E-state index is 12.7. The van der Waals surface area contributed by atoms with Crippen molar-refractivity contribution in [3.8, 4) is 0 Å². The number of carbonyl (C=O) groups is 2. The van der Waals surface area contributed by atoms with Crippen molar-refractivity contribution in [3.05, 3.63) is 29.8 Å². The van der Waals surface area contributed by atoms with Crippen molar-refractivity contribution in [2.45, 2.75) is 31.7 Å². The molecule has 21 heavy (non-hydrogen) atoms. The smallest absolute Gasteiger partial charge is 0.326 e. The number of rotatable bonds is 3. The molecule has 2 rings (SSSR count). The van der Waals surface area contributed by atoms with Crippen LogP contribution in [0.3, 0.4) is 0 Å². The summed E-state index contributed by atoms with van der Waals surface area (Å²) in [6.45, 7) is 0.516. The average molecular weight is 290 g/mol. The maximum Gasteiger partial charge on any atom is 0.326 e. The largest absolute Gasteiger partial charge is 0.480 e. The minimum atomic E-state index is -0.908. The predicted octanol–water partition coefficient (Wildman–Crippen LogP) is 2.22. The van der Waals surface area contributed by atoms with Gasteiger partial charge in [0.15, 0.2) is 0 Å². The molecule has 1 aliphatic rings. The van der Waals surface area contributed by atoms with E-state index in [9.17, 15) is 14.7 Å². The molecule has 0 bridgehead atoms. The number of aliphatic carboxylic acids is 1. The zero-order valence-electron chi connectivity index (χ0n) is 12.6. The van der Waals surface area contributed by atoms with Gasteiger partial charge in [0, 0.05) is 31.9 Å². The second kappa shape index (κ2) is 6.61. The molecule has 1 unspecified atom stereocenters. The molecule has 5 nitrogen and oxygen atoms in total. The number of carboxylic acid groups (broad SMARTS) is 1. The number of carbonyl (C=O) groups excluding carboxylic acids is 1. The van der Waals surface area contributed by atoms with Crippen LogP contribution in [-0.4, -0.2) is 48.6 Å². The maximum atomic E-state index is 12.7. The monoisotopic (exact) mass is 290 g/mol. The van der Waals surface area contributed by atoms with Crippen LogP contribution < -0.4 is 4.90 Å². The lowest BCUT2D eigenvalue weighted by atomic mass is 10.1. The van der Waals surface area contributed by atoms with Crippen molar-refractivity contribution in [2.75, 3.05) is 25.5 Å². The Morgan fingerprint density at radius 1 is 1.24 bits per heavy atom. The first-order valence-electron chi connectivity index (χ1n) is 7.32. The quantitative estimate of drug-likeness (QED) is 0.927. The zero-order chi connectivity index (χ0) is 15.4. The Morgan fingerprint density at radius 3 is 2.67 bits per heavy atom. The Balaban J connectivity index is 2.27. The van der Waals surface area contributed by atoms with E-state index in [0.717, 1.165) is 24.9 Å². The summed E-state index contributed by atoms with van der Waals surface area (Å²) in [6.07, 6.45) is 3.24. The molecule has 0 aliphatic carbocycles. The molecule has 114 valence electrons. The second-order valence-corrected chi connectivity index (χ2v) is 5.65. The first-order valence-corrected chi connectivity index (χ1v) is 7.32. The minimum absolute atomic E-state index is 0.187. The van der Waals surface area contributed by atoms with Crippen LogP contribution in [0.2, 0.25) is 0 Å². The highest BCUT2D eigenvalue weighted by atomic mass is 16.4. The molecule has 1 aromatic rings. The van der Waals surface area contributed by atoms with E-state index in [2.05, 4.69) is 0 Å². The lowest BCUT2D eigenvalue weighted by molar-refractivity contribution is -0.142. The topological polar surface area (TPSA) is 60.9 Å². The van der Waals surface area contributed by atoms with E-state index in [4.69, 9.17) is 0 Å². The van der Waals surface area contributed by atoms with Gasteiger partial charge in [-0.2, -0.15) is 0 Å². The van der Waals surface area contributed by atoms with Crippen molar-refractivity contribution in [1.82, 2.24) is 4.90 Å². The molecule has 0 saturated carbocycles. The lowest BCUT2D eigenvalue weighted by Gasteiger charge is -2.27. The van der Waals surface area contributed by atoms with E-state index in [-0.39, 0.29) is 5.91 Å². The van der Waals surface area contributed by atoms with Gasteiger partial charge in [-0.25, -0.2) is 4.79 Å². The third-order valence-electron chi connectivity index (χ3n) is 3.91. The molecule has 0 radical (unpaired) electrons. The van der Waals surface area contributed by atoms with Gasteiger partial charge >= 0.3 is 5.97 Å². The summed E-state index contributed by atoms with van der Waals surface area (Å²) in [5, 5.41) is 9.37. The Hall–Kier alpha value is -2.04. The van der Waals surface area contributed by atoms with Gasteiger partial charge in [0.25, 0.3) is 5.91 Å². The van der Waals surface area contributed by atoms with Gasteiger partial charge in [0.2, 0.25) is 0 Å². The predicted molar refractivity (Wildman–Crippen MR) is 81.7 cm³/mol. The Bertz CT molecular complexity index is 528. The first-order chi connectivity index (χ1) is 10.0. The van der Waals surface area contributed by atoms with Crippen molar-refractivity contribution in [2.24, 2.45) is 0 Å². The number of anilines is 1. The third-order valence-corrected chi connectivity index (χ3v) is 3.91. The number of likely N-dealkylation sites (tertiary alicyclic amines) is 1. The normalized spacial score (nSPS) is 19.0. The van der Waals surface area contributed by atoms with E-state index in [0.29, 0.717) is 18.5 Å². The van der Waals surface area contributed by atoms with E-state index in [1.165, 1.54) is 4.90 Å². The van der Waals surface area contributed by atoms with Crippen LogP contribution >= 0.6 is 0 Å². The molecule has 1 heterocycles. The molecular weight excluding hydrogens is 268 g/mol. The highest BCUT2D eigenvalue weighted by molar-refractivity contribution is 5.97. The summed E-state index contributed by atoms with van der Waals surface area (Å²) < 4.78 is 0. The molecule has 1 N–H and O–H groups in total. The minimum Gasteiger partial charge on any atom is -0.480 e. The van der Waals surface area contributed by atoms with Gasteiger partial charge in [-0.15, -0.1) is 0 Å². The number of nitrogens with zero attached hydrogens (tertiary/aromatic N) is 2. The van der Waals surface area contributed by atoms with Crippen molar-refractivity contribution >= 4 is 17.6 Å². The number of amides is 1. The van der Waals surface area contributed by atoms with E-state index in [1.54, 1.807) is 6.07 Å². The lowest BCUT2D eigenvalue weighted by Crippen LogP contribution is -2.44. The van der Waals surface area contributed by atoms with Crippen molar-refractivity contribution < 1.29 is 14.7 Å². The Kier molecular flexibility index (Phi) is 4.83. The summed E-state index contributed by atoms with van der Waals surface area (Å²) in [6, 6.07) is 6.61. The average Bonchev–Trinajstić information content (AvgIpc) is 2.72.